The maximum absolute atomic E-state index is 13.8. The minimum Gasteiger partial charge on any atom is -0.234 e. The number of aryl methyl sites for hydroxylation is 1. The molecule has 0 aliphatic heterocycles. The van der Waals surface area contributed by atoms with Gasteiger partial charge in [-0.25, -0.2) is 12.8 Å². The Morgan fingerprint density at radius 1 is 1.05 bits per heavy atom. The molecule has 0 spiro atoms. The van der Waals surface area contributed by atoms with Gasteiger partial charge >= 0.3 is 0 Å². The van der Waals surface area contributed by atoms with E-state index in [1.165, 1.54) is 12.1 Å². The zero-order valence-electron chi connectivity index (χ0n) is 11.3. The maximum atomic E-state index is 13.8. The fourth-order valence-corrected chi connectivity index (χ4v) is 3.94. The Labute approximate surface area is 137 Å². The van der Waals surface area contributed by atoms with Gasteiger partial charge in [0.15, 0.2) is 4.18 Å². The highest BCUT2D eigenvalue weighted by Gasteiger charge is 2.26. The van der Waals surface area contributed by atoms with Crippen LogP contribution in [-0.2, 0) is 10.0 Å². The van der Waals surface area contributed by atoms with Crippen LogP contribution in [0.1, 0.15) is 17.2 Å². The van der Waals surface area contributed by atoms with E-state index < -0.39 is 20.2 Å². The first-order chi connectivity index (χ1) is 9.90. The Bertz CT molecular complexity index is 687. The van der Waals surface area contributed by atoms with Gasteiger partial charge in [0, 0.05) is 0 Å². The largest absolute Gasteiger partial charge is 0.241 e. The van der Waals surface area contributed by atoms with E-state index in [0.717, 1.165) is 5.56 Å². The molecule has 6 heteroatoms. The molecule has 1 N–H and O–H groups in total. The van der Waals surface area contributed by atoms with Crippen molar-refractivity contribution >= 4 is 32.6 Å². The van der Waals surface area contributed by atoms with Crippen molar-refractivity contribution in [3.05, 3.63) is 65.7 Å². The maximum Gasteiger partial charge on any atom is 0.241 e. The molecule has 2 aromatic rings. The van der Waals surface area contributed by atoms with Crippen LogP contribution >= 0.6 is 22.6 Å². The first-order valence-corrected chi connectivity index (χ1v) is 9.05. The number of alkyl halides is 2. The van der Waals surface area contributed by atoms with Crippen LogP contribution in [0.15, 0.2) is 59.5 Å². The van der Waals surface area contributed by atoms with Gasteiger partial charge in [0.1, 0.15) is 0 Å². The van der Waals surface area contributed by atoms with Crippen LogP contribution in [0.3, 0.4) is 0 Å². The van der Waals surface area contributed by atoms with Gasteiger partial charge in [-0.2, -0.15) is 4.72 Å². The van der Waals surface area contributed by atoms with Gasteiger partial charge in [0.2, 0.25) is 10.0 Å². The van der Waals surface area contributed by atoms with Gasteiger partial charge in [-0.05, 0) is 47.2 Å². The number of rotatable bonds is 5. The van der Waals surface area contributed by atoms with Crippen LogP contribution in [0.4, 0.5) is 4.39 Å². The number of sulfonamides is 1. The summed E-state index contributed by atoms with van der Waals surface area (Å²) in [6.07, 6.45) is 0. The van der Waals surface area contributed by atoms with Crippen LogP contribution in [0, 0.1) is 6.92 Å². The van der Waals surface area contributed by atoms with Crippen molar-refractivity contribution in [2.75, 3.05) is 0 Å². The lowest BCUT2D eigenvalue weighted by Crippen LogP contribution is -2.32. The van der Waals surface area contributed by atoms with Gasteiger partial charge in [0.25, 0.3) is 0 Å². The molecule has 0 saturated carbocycles. The van der Waals surface area contributed by atoms with E-state index in [4.69, 9.17) is 0 Å². The second-order valence-corrected chi connectivity index (χ2v) is 7.56. The predicted octanol–water partition coefficient (Wildman–Crippen LogP) is 3.75. The third-order valence-corrected chi connectivity index (χ3v) is 5.20. The summed E-state index contributed by atoms with van der Waals surface area (Å²) < 4.78 is 39.6. The summed E-state index contributed by atoms with van der Waals surface area (Å²) in [5.41, 5.74) is 1.56. The summed E-state index contributed by atoms with van der Waals surface area (Å²) in [6.45, 7) is 1.87. The molecule has 3 nitrogen and oxygen atoms in total. The lowest BCUT2D eigenvalue weighted by molar-refractivity contribution is 0.392. The van der Waals surface area contributed by atoms with Crippen LogP contribution in [0.5, 0.6) is 0 Å². The number of halogens is 2. The monoisotopic (exact) mass is 419 g/mol. The highest BCUT2D eigenvalue weighted by atomic mass is 127. The summed E-state index contributed by atoms with van der Waals surface area (Å²) in [5, 5.41) is 0. The van der Waals surface area contributed by atoms with E-state index in [0.29, 0.717) is 5.56 Å². The molecule has 2 rings (SSSR count). The fourth-order valence-electron chi connectivity index (χ4n) is 1.88. The Morgan fingerprint density at radius 3 is 2.14 bits per heavy atom. The van der Waals surface area contributed by atoms with Crippen molar-refractivity contribution in [2.45, 2.75) is 22.0 Å². The third-order valence-electron chi connectivity index (χ3n) is 3.02. The molecule has 21 heavy (non-hydrogen) atoms. The second-order valence-electron chi connectivity index (χ2n) is 4.66. The topological polar surface area (TPSA) is 46.2 Å². The summed E-state index contributed by atoms with van der Waals surface area (Å²) in [4.78, 5) is 0.131. The first kappa shape index (κ1) is 16.4. The van der Waals surface area contributed by atoms with E-state index in [9.17, 15) is 12.8 Å². The first-order valence-electron chi connectivity index (χ1n) is 6.32. The highest BCUT2D eigenvalue weighted by Crippen LogP contribution is 2.26. The molecule has 0 amide bonds. The smallest absolute Gasteiger partial charge is 0.234 e. The molecule has 0 aliphatic carbocycles. The number of hydrogen-bond donors (Lipinski definition) is 1. The van der Waals surface area contributed by atoms with Gasteiger partial charge in [-0.3, -0.25) is 0 Å². The van der Waals surface area contributed by atoms with E-state index in [1.807, 2.05) is 6.92 Å². The van der Waals surface area contributed by atoms with E-state index in [1.54, 1.807) is 65.1 Å². The number of hydrogen-bond acceptors (Lipinski definition) is 2. The molecule has 2 unspecified atom stereocenters. The molecule has 112 valence electrons. The average Bonchev–Trinajstić information content (AvgIpc) is 2.46. The van der Waals surface area contributed by atoms with Gasteiger partial charge in [-0.15, -0.1) is 0 Å². The molecule has 0 aromatic heterocycles. The van der Waals surface area contributed by atoms with Crippen molar-refractivity contribution < 1.29 is 12.8 Å². The van der Waals surface area contributed by atoms with Crippen LogP contribution in [-0.4, -0.2) is 12.6 Å². The predicted molar refractivity (Wildman–Crippen MR) is 89.6 cm³/mol. The third kappa shape index (κ3) is 4.24. The van der Waals surface area contributed by atoms with Gasteiger partial charge in [-0.1, -0.05) is 48.0 Å². The SMILES string of the molecule is Cc1ccc(S(=O)(=O)NC(c2ccccc2)C(F)I)cc1. The molecular weight excluding hydrogens is 404 g/mol. The molecule has 0 fully saturated rings. The zero-order chi connectivity index (χ0) is 15.5. The van der Waals surface area contributed by atoms with Gasteiger partial charge < -0.3 is 0 Å². The van der Waals surface area contributed by atoms with Crippen LogP contribution in [0.2, 0.25) is 0 Å². The number of nitrogens with one attached hydrogen (secondary N) is 1. The van der Waals surface area contributed by atoms with Crippen LogP contribution in [0.25, 0.3) is 0 Å². The van der Waals surface area contributed by atoms with Crippen molar-refractivity contribution in [1.82, 2.24) is 4.72 Å². The molecule has 2 atom stereocenters. The Balaban J connectivity index is 2.30. The Morgan fingerprint density at radius 2 is 1.62 bits per heavy atom. The van der Waals surface area contributed by atoms with Crippen LogP contribution < -0.4 is 4.72 Å². The molecule has 2 aromatic carbocycles. The molecule has 0 heterocycles. The standard InChI is InChI=1S/C15H15FINO2S/c1-11-7-9-13(10-8-11)21(19,20)18-14(15(16)17)12-5-3-2-4-6-12/h2-10,14-15,18H,1H3. The van der Waals surface area contributed by atoms with Gasteiger partial charge in [0.05, 0.1) is 10.9 Å². The second kappa shape index (κ2) is 6.85. The highest BCUT2D eigenvalue weighted by molar-refractivity contribution is 14.1. The molecule has 0 saturated heterocycles. The van der Waals surface area contributed by atoms with Crippen molar-refractivity contribution in [1.29, 1.82) is 0 Å². The summed E-state index contributed by atoms with van der Waals surface area (Å²) >= 11 is 1.58. The normalized spacial score (nSPS) is 14.6. The van der Waals surface area contributed by atoms with Crippen molar-refractivity contribution in [3.8, 4) is 0 Å². The lowest BCUT2D eigenvalue weighted by atomic mass is 10.1. The summed E-state index contributed by atoms with van der Waals surface area (Å²) in [5.74, 6) is 0. The molecule has 0 bridgehead atoms. The minimum absolute atomic E-state index is 0.131. The molecule has 0 radical (unpaired) electrons. The van der Waals surface area contributed by atoms with E-state index in [-0.39, 0.29) is 4.90 Å². The van der Waals surface area contributed by atoms with E-state index >= 15 is 0 Å². The number of benzene rings is 2. The van der Waals surface area contributed by atoms with Crippen molar-refractivity contribution in [3.63, 3.8) is 0 Å². The lowest BCUT2D eigenvalue weighted by Gasteiger charge is -2.19. The molecule has 0 aliphatic rings. The quantitative estimate of drug-likeness (QED) is 0.593. The zero-order valence-corrected chi connectivity index (χ0v) is 14.3. The Kier molecular flexibility index (Phi) is 5.34. The summed E-state index contributed by atoms with van der Waals surface area (Å²) in [6, 6.07) is 14.2. The van der Waals surface area contributed by atoms with Crippen molar-refractivity contribution in [2.24, 2.45) is 0 Å². The summed E-state index contributed by atoms with van der Waals surface area (Å²) in [7, 11) is -3.76. The average molecular weight is 419 g/mol. The fraction of sp³-hybridized carbons (Fsp3) is 0.200. The Hall–Kier alpha value is -0.990. The van der Waals surface area contributed by atoms with E-state index in [2.05, 4.69) is 4.72 Å². The molecular formula is C15H15FINO2S. The minimum atomic E-state index is -3.76.